The highest BCUT2D eigenvalue weighted by atomic mass is 16.5. The molecule has 7 heteroatoms. The fourth-order valence-electron chi connectivity index (χ4n) is 2.73. The molecule has 0 saturated heterocycles. The molecular weight excluding hydrogens is 382 g/mol. The van der Waals surface area contributed by atoms with E-state index < -0.39 is 5.91 Å². The van der Waals surface area contributed by atoms with Crippen LogP contribution in [0.5, 0.6) is 11.5 Å². The van der Waals surface area contributed by atoms with E-state index in [0.29, 0.717) is 28.1 Å². The van der Waals surface area contributed by atoms with E-state index in [1.807, 2.05) is 19.1 Å². The van der Waals surface area contributed by atoms with Gasteiger partial charge >= 0.3 is 0 Å². The Morgan fingerprint density at radius 2 is 1.70 bits per heavy atom. The molecule has 0 atom stereocenters. The van der Waals surface area contributed by atoms with Crippen LogP contribution in [0, 0.1) is 6.92 Å². The number of benzene rings is 3. The van der Waals surface area contributed by atoms with E-state index in [1.54, 1.807) is 48.5 Å². The first kappa shape index (κ1) is 20.6. The third-order valence-electron chi connectivity index (χ3n) is 4.25. The minimum Gasteiger partial charge on any atom is -0.504 e. The van der Waals surface area contributed by atoms with E-state index in [0.717, 1.165) is 5.56 Å². The summed E-state index contributed by atoms with van der Waals surface area (Å²) in [6.45, 7) is 1.91. The van der Waals surface area contributed by atoms with Gasteiger partial charge < -0.3 is 15.2 Å². The molecule has 2 amide bonds. The number of amides is 2. The number of hydrazone groups is 1. The van der Waals surface area contributed by atoms with Crippen molar-refractivity contribution in [1.82, 2.24) is 5.43 Å². The van der Waals surface area contributed by atoms with E-state index in [4.69, 9.17) is 4.74 Å². The number of aromatic hydroxyl groups is 1. The molecule has 0 aliphatic carbocycles. The first-order valence-corrected chi connectivity index (χ1v) is 9.15. The van der Waals surface area contributed by atoms with Crippen molar-refractivity contribution in [3.63, 3.8) is 0 Å². The topological polar surface area (TPSA) is 100 Å². The maximum Gasteiger partial charge on any atom is 0.271 e. The van der Waals surface area contributed by atoms with Crippen LogP contribution in [0.3, 0.4) is 0 Å². The summed E-state index contributed by atoms with van der Waals surface area (Å²) in [7, 11) is 1.45. The highest BCUT2D eigenvalue weighted by molar-refractivity contribution is 6.05. The summed E-state index contributed by atoms with van der Waals surface area (Å²) in [5.74, 6) is -0.357. The van der Waals surface area contributed by atoms with Gasteiger partial charge in [-0.15, -0.1) is 0 Å². The fraction of sp³-hybridized carbons (Fsp3) is 0.0870. The highest BCUT2D eigenvalue weighted by Gasteiger charge is 2.09. The lowest BCUT2D eigenvalue weighted by Gasteiger charge is -2.07. The number of nitrogens with zero attached hydrogens (tertiary/aromatic N) is 1. The van der Waals surface area contributed by atoms with Crippen LogP contribution in [0.25, 0.3) is 0 Å². The Hall–Kier alpha value is -4.13. The molecule has 0 heterocycles. The Morgan fingerprint density at radius 1 is 0.967 bits per heavy atom. The van der Waals surface area contributed by atoms with Gasteiger partial charge in [-0.3, -0.25) is 9.59 Å². The minimum absolute atomic E-state index is 0.0169. The molecule has 0 saturated carbocycles. The predicted octanol–water partition coefficient (Wildman–Crippen LogP) is 3.73. The van der Waals surface area contributed by atoms with Gasteiger partial charge in [-0.05, 0) is 61.0 Å². The molecule has 3 rings (SSSR count). The number of carbonyl (C=O) groups excluding carboxylic acids is 2. The molecule has 3 aromatic carbocycles. The second kappa shape index (κ2) is 9.38. The molecule has 0 fully saturated rings. The summed E-state index contributed by atoms with van der Waals surface area (Å²) >= 11 is 0. The van der Waals surface area contributed by atoms with Gasteiger partial charge in [-0.25, -0.2) is 5.43 Å². The maximum absolute atomic E-state index is 12.4. The zero-order chi connectivity index (χ0) is 21.5. The zero-order valence-electron chi connectivity index (χ0n) is 16.5. The Balaban J connectivity index is 1.65. The van der Waals surface area contributed by atoms with Gasteiger partial charge in [0.15, 0.2) is 11.5 Å². The number of ether oxygens (including phenoxy) is 1. The van der Waals surface area contributed by atoms with Crippen LogP contribution in [-0.2, 0) is 0 Å². The van der Waals surface area contributed by atoms with Gasteiger partial charge in [0.1, 0.15) is 0 Å². The van der Waals surface area contributed by atoms with Crippen molar-refractivity contribution < 1.29 is 19.4 Å². The average molecular weight is 403 g/mol. The molecule has 7 nitrogen and oxygen atoms in total. The molecule has 0 unspecified atom stereocenters. The number of anilines is 1. The average Bonchev–Trinajstić information content (AvgIpc) is 2.75. The molecule has 152 valence electrons. The van der Waals surface area contributed by atoms with Crippen LogP contribution in [0.4, 0.5) is 5.69 Å². The Morgan fingerprint density at radius 3 is 2.43 bits per heavy atom. The lowest BCUT2D eigenvalue weighted by atomic mass is 10.1. The number of hydrogen-bond donors (Lipinski definition) is 3. The Labute approximate surface area is 174 Å². The number of aryl methyl sites for hydroxylation is 1. The normalized spacial score (nSPS) is 10.6. The molecule has 3 aromatic rings. The van der Waals surface area contributed by atoms with Gasteiger partial charge in [0.05, 0.1) is 13.3 Å². The largest absolute Gasteiger partial charge is 0.504 e. The van der Waals surface area contributed by atoms with Gasteiger partial charge in [0, 0.05) is 16.8 Å². The molecule has 0 bridgehead atoms. The SMILES string of the molecule is COc1cc(C=NNC(=O)c2cccc(NC(=O)c3cccc(C)c3)c2)ccc1O. The number of hydrogen-bond acceptors (Lipinski definition) is 5. The van der Waals surface area contributed by atoms with Crippen molar-refractivity contribution in [1.29, 1.82) is 0 Å². The van der Waals surface area contributed by atoms with Crippen molar-refractivity contribution in [2.24, 2.45) is 5.10 Å². The van der Waals surface area contributed by atoms with E-state index >= 15 is 0 Å². The smallest absolute Gasteiger partial charge is 0.271 e. The number of phenols is 1. The summed E-state index contributed by atoms with van der Waals surface area (Å²) in [5, 5.41) is 16.3. The first-order valence-electron chi connectivity index (χ1n) is 9.15. The van der Waals surface area contributed by atoms with Crippen LogP contribution in [0.15, 0.2) is 71.8 Å². The maximum atomic E-state index is 12.4. The molecule has 0 aromatic heterocycles. The number of nitrogens with one attached hydrogen (secondary N) is 2. The third kappa shape index (κ3) is 5.23. The van der Waals surface area contributed by atoms with Gasteiger partial charge in [0.25, 0.3) is 11.8 Å². The van der Waals surface area contributed by atoms with Crippen LogP contribution in [0.1, 0.15) is 31.8 Å². The van der Waals surface area contributed by atoms with Crippen molar-refractivity contribution in [3.05, 3.63) is 89.0 Å². The van der Waals surface area contributed by atoms with Crippen molar-refractivity contribution >= 4 is 23.7 Å². The molecule has 3 N–H and O–H groups in total. The van der Waals surface area contributed by atoms with Gasteiger partial charge in [-0.1, -0.05) is 23.8 Å². The van der Waals surface area contributed by atoms with Crippen LogP contribution in [-0.4, -0.2) is 30.2 Å². The van der Waals surface area contributed by atoms with E-state index in [2.05, 4.69) is 15.8 Å². The van der Waals surface area contributed by atoms with Crippen molar-refractivity contribution in [2.75, 3.05) is 12.4 Å². The third-order valence-corrected chi connectivity index (χ3v) is 4.25. The Kier molecular flexibility index (Phi) is 6.44. The van der Waals surface area contributed by atoms with E-state index in [1.165, 1.54) is 19.4 Å². The summed E-state index contributed by atoms with van der Waals surface area (Å²) in [5.41, 5.74) is 5.45. The summed E-state index contributed by atoms with van der Waals surface area (Å²) < 4.78 is 5.03. The van der Waals surface area contributed by atoms with Crippen molar-refractivity contribution in [3.8, 4) is 11.5 Å². The van der Waals surface area contributed by atoms with Gasteiger partial charge in [0.2, 0.25) is 0 Å². The minimum atomic E-state index is -0.427. The highest BCUT2D eigenvalue weighted by Crippen LogP contribution is 2.25. The summed E-state index contributed by atoms with van der Waals surface area (Å²) in [6, 6.07) is 18.5. The standard InChI is InChI=1S/C23H21N3O4/c1-15-5-3-6-17(11-15)22(28)25-19-8-4-7-18(13-19)23(29)26-24-14-16-9-10-20(27)21(12-16)30-2/h3-14,27H,1-2H3,(H,25,28)(H,26,29). The zero-order valence-corrected chi connectivity index (χ0v) is 16.5. The van der Waals surface area contributed by atoms with Crippen LogP contribution < -0.4 is 15.5 Å². The number of methoxy groups -OCH3 is 1. The lowest BCUT2D eigenvalue weighted by Crippen LogP contribution is -2.18. The van der Waals surface area contributed by atoms with Gasteiger partial charge in [-0.2, -0.15) is 5.10 Å². The molecule has 0 radical (unpaired) electrons. The predicted molar refractivity (Wildman–Crippen MR) is 115 cm³/mol. The first-order chi connectivity index (χ1) is 14.5. The molecule has 0 aliphatic rings. The molecule has 30 heavy (non-hydrogen) atoms. The summed E-state index contributed by atoms with van der Waals surface area (Å²) in [6.07, 6.45) is 1.43. The van der Waals surface area contributed by atoms with E-state index in [-0.39, 0.29) is 11.7 Å². The number of rotatable bonds is 6. The monoisotopic (exact) mass is 403 g/mol. The second-order valence-electron chi connectivity index (χ2n) is 6.53. The van der Waals surface area contributed by atoms with Crippen LogP contribution >= 0.6 is 0 Å². The fourth-order valence-corrected chi connectivity index (χ4v) is 2.73. The van der Waals surface area contributed by atoms with E-state index in [9.17, 15) is 14.7 Å². The Bertz CT molecular complexity index is 1110. The molecule has 0 aliphatic heterocycles. The number of phenolic OH excluding ortho intramolecular Hbond substituents is 1. The molecule has 0 spiro atoms. The lowest BCUT2D eigenvalue weighted by molar-refractivity contribution is 0.0953. The van der Waals surface area contributed by atoms with Crippen molar-refractivity contribution in [2.45, 2.75) is 6.92 Å². The van der Waals surface area contributed by atoms with Crippen LogP contribution in [0.2, 0.25) is 0 Å². The number of carbonyl (C=O) groups is 2. The molecular formula is C23H21N3O4. The summed E-state index contributed by atoms with van der Waals surface area (Å²) in [4.78, 5) is 24.8. The quantitative estimate of drug-likeness (QED) is 0.431. The second-order valence-corrected chi connectivity index (χ2v) is 6.53.